The van der Waals surface area contributed by atoms with Gasteiger partial charge in [-0.3, -0.25) is 4.99 Å². The number of nitrogens with zero attached hydrogens (tertiary/aromatic N) is 7. The molecule has 6 rings (SSSR count). The molecule has 0 bridgehead atoms. The van der Waals surface area contributed by atoms with E-state index in [1.807, 2.05) is 24.5 Å². The third-order valence-corrected chi connectivity index (χ3v) is 8.73. The van der Waals surface area contributed by atoms with E-state index in [4.69, 9.17) is 4.98 Å². The Morgan fingerprint density at radius 3 is 2.51 bits per heavy atom. The summed E-state index contributed by atoms with van der Waals surface area (Å²) in [6, 6.07) is 6.08. The van der Waals surface area contributed by atoms with Crippen LogP contribution < -0.4 is 10.2 Å². The third kappa shape index (κ3) is 4.16. The Morgan fingerprint density at radius 2 is 1.80 bits per heavy atom. The van der Waals surface area contributed by atoms with Gasteiger partial charge in [-0.25, -0.2) is 18.4 Å². The minimum atomic E-state index is -3.14. The minimum absolute atomic E-state index is 0.0692. The maximum absolute atomic E-state index is 11.7. The number of sulfonamides is 1. The number of nitrogens with one attached hydrogen (secondary N) is 1. The van der Waals surface area contributed by atoms with Crippen molar-refractivity contribution >= 4 is 44.7 Å². The number of pyridine rings is 1. The van der Waals surface area contributed by atoms with Gasteiger partial charge >= 0.3 is 0 Å². The van der Waals surface area contributed by atoms with Crippen LogP contribution in [0.1, 0.15) is 37.8 Å². The second kappa shape index (κ2) is 8.56. The summed E-state index contributed by atoms with van der Waals surface area (Å²) < 4.78 is 27.4. The van der Waals surface area contributed by atoms with Crippen molar-refractivity contribution < 1.29 is 8.42 Å². The van der Waals surface area contributed by atoms with E-state index in [2.05, 4.69) is 42.0 Å². The van der Waals surface area contributed by atoms with Crippen molar-refractivity contribution in [1.82, 2.24) is 23.8 Å². The van der Waals surface area contributed by atoms with Gasteiger partial charge in [-0.15, -0.1) is 0 Å². The Balaban J connectivity index is 1.21. The molecule has 3 aromatic heterocycles. The van der Waals surface area contributed by atoms with Gasteiger partial charge in [0.1, 0.15) is 11.5 Å². The van der Waals surface area contributed by atoms with Crippen LogP contribution in [0.3, 0.4) is 0 Å². The van der Waals surface area contributed by atoms with E-state index in [0.29, 0.717) is 44.5 Å². The van der Waals surface area contributed by atoms with Crippen LogP contribution in [0.15, 0.2) is 35.6 Å². The number of rotatable bonds is 4. The van der Waals surface area contributed by atoms with Gasteiger partial charge in [0.15, 0.2) is 0 Å². The number of aromatic nitrogens is 4. The first kappa shape index (κ1) is 22.4. The van der Waals surface area contributed by atoms with E-state index < -0.39 is 10.0 Å². The lowest BCUT2D eigenvalue weighted by Gasteiger charge is -2.39. The van der Waals surface area contributed by atoms with Gasteiger partial charge in [-0.1, -0.05) is 19.3 Å². The molecule has 1 spiro atoms. The summed E-state index contributed by atoms with van der Waals surface area (Å²) in [6.07, 6.45) is 13.0. The van der Waals surface area contributed by atoms with Crippen LogP contribution >= 0.6 is 0 Å². The summed E-state index contributed by atoms with van der Waals surface area (Å²) in [7, 11) is -3.14. The van der Waals surface area contributed by atoms with E-state index in [-0.39, 0.29) is 5.54 Å². The number of piperazine rings is 1. The van der Waals surface area contributed by atoms with E-state index in [1.165, 1.54) is 35.5 Å². The highest BCUT2D eigenvalue weighted by Crippen LogP contribution is 2.39. The Morgan fingerprint density at radius 1 is 1.00 bits per heavy atom. The standard InChI is InChI=1S/C24H30N8O2S/c1-35(33,34)31-11-9-30(10-12-31)19-5-6-21(26-16-19)28-23-27-14-18-13-20-15-25-17-24(7-3-2-4-8-24)32(20)22(18)29-23/h5-6,13-14,16-17H,2-4,7-12,15H2,1H3,(H,26,27,28,29). The van der Waals surface area contributed by atoms with Crippen LogP contribution in [0.25, 0.3) is 11.0 Å². The van der Waals surface area contributed by atoms with Gasteiger partial charge in [-0.05, 0) is 31.0 Å². The monoisotopic (exact) mass is 494 g/mol. The summed E-state index contributed by atoms with van der Waals surface area (Å²) >= 11 is 0. The SMILES string of the molecule is CS(=O)(=O)N1CCN(c2ccc(Nc3ncc4cc5n(c4n3)C3(C=NC5)CCCCC3)nc2)CC1. The summed E-state index contributed by atoms with van der Waals surface area (Å²) in [4.78, 5) is 20.8. The van der Waals surface area contributed by atoms with Crippen molar-refractivity contribution in [2.75, 3.05) is 42.7 Å². The van der Waals surface area contributed by atoms with Gasteiger partial charge in [0, 0.05) is 49.7 Å². The highest BCUT2D eigenvalue weighted by atomic mass is 32.2. The maximum Gasteiger partial charge on any atom is 0.230 e. The lowest BCUT2D eigenvalue weighted by Crippen LogP contribution is -2.48. The molecule has 2 aliphatic heterocycles. The topological polar surface area (TPSA) is 109 Å². The predicted octanol–water partition coefficient (Wildman–Crippen LogP) is 2.90. The molecule has 1 saturated heterocycles. The molecule has 2 fully saturated rings. The summed E-state index contributed by atoms with van der Waals surface area (Å²) in [6.45, 7) is 2.95. The number of aliphatic imine (C=N–C) groups is 1. The Hall–Kier alpha value is -3.05. The Labute approximate surface area is 205 Å². The number of fused-ring (bicyclic) bond motifs is 4. The van der Waals surface area contributed by atoms with Gasteiger partial charge in [0.2, 0.25) is 16.0 Å². The van der Waals surface area contributed by atoms with Crippen molar-refractivity contribution in [3.8, 4) is 0 Å². The van der Waals surface area contributed by atoms with Gasteiger partial charge < -0.3 is 14.8 Å². The average Bonchev–Trinajstić information content (AvgIpc) is 3.24. The van der Waals surface area contributed by atoms with Crippen molar-refractivity contribution in [3.63, 3.8) is 0 Å². The molecule has 1 saturated carbocycles. The van der Waals surface area contributed by atoms with E-state index >= 15 is 0 Å². The molecule has 3 aromatic rings. The molecule has 1 aliphatic carbocycles. The average molecular weight is 495 g/mol. The zero-order valence-corrected chi connectivity index (χ0v) is 20.7. The highest BCUT2D eigenvalue weighted by molar-refractivity contribution is 7.88. The number of anilines is 3. The summed E-state index contributed by atoms with van der Waals surface area (Å²) in [5, 5.41) is 4.29. The predicted molar refractivity (Wildman–Crippen MR) is 137 cm³/mol. The summed E-state index contributed by atoms with van der Waals surface area (Å²) in [5.41, 5.74) is 3.06. The van der Waals surface area contributed by atoms with Gasteiger partial charge in [0.25, 0.3) is 0 Å². The van der Waals surface area contributed by atoms with Gasteiger partial charge in [0.05, 0.1) is 30.2 Å². The molecule has 0 aromatic carbocycles. The zero-order valence-electron chi connectivity index (χ0n) is 19.9. The van der Waals surface area contributed by atoms with Crippen LogP contribution in [0, 0.1) is 0 Å². The molecule has 184 valence electrons. The fraction of sp³-hybridized carbons (Fsp3) is 0.500. The smallest absolute Gasteiger partial charge is 0.230 e. The molecule has 0 radical (unpaired) electrons. The lowest BCUT2D eigenvalue weighted by atomic mass is 9.81. The quantitative estimate of drug-likeness (QED) is 0.594. The maximum atomic E-state index is 11.7. The first-order chi connectivity index (χ1) is 16.9. The van der Waals surface area contributed by atoms with E-state index in [0.717, 1.165) is 29.6 Å². The normalized spacial score (nSPS) is 20.3. The molecule has 10 nitrogen and oxygen atoms in total. The molecule has 5 heterocycles. The molecule has 35 heavy (non-hydrogen) atoms. The largest absolute Gasteiger partial charge is 0.368 e. The minimum Gasteiger partial charge on any atom is -0.368 e. The number of hydrogen-bond donors (Lipinski definition) is 1. The first-order valence-corrected chi connectivity index (χ1v) is 14.1. The van der Waals surface area contributed by atoms with Crippen molar-refractivity contribution in [1.29, 1.82) is 0 Å². The molecular formula is C24H30N8O2S. The molecule has 0 amide bonds. The van der Waals surface area contributed by atoms with E-state index in [1.54, 1.807) is 0 Å². The fourth-order valence-corrected chi connectivity index (χ4v) is 6.47. The van der Waals surface area contributed by atoms with Crippen LogP contribution in [0.4, 0.5) is 17.5 Å². The van der Waals surface area contributed by atoms with E-state index in [9.17, 15) is 8.42 Å². The van der Waals surface area contributed by atoms with Gasteiger partial charge in [-0.2, -0.15) is 9.29 Å². The molecule has 11 heteroatoms. The van der Waals surface area contributed by atoms with Crippen molar-refractivity contribution in [3.05, 3.63) is 36.3 Å². The molecular weight excluding hydrogens is 464 g/mol. The highest BCUT2D eigenvalue weighted by Gasteiger charge is 2.37. The lowest BCUT2D eigenvalue weighted by molar-refractivity contribution is 0.282. The zero-order chi connectivity index (χ0) is 24.0. The van der Waals surface area contributed by atoms with Crippen LogP contribution in [0.2, 0.25) is 0 Å². The van der Waals surface area contributed by atoms with Crippen molar-refractivity contribution in [2.24, 2.45) is 4.99 Å². The third-order valence-electron chi connectivity index (χ3n) is 7.43. The molecule has 1 N–H and O–H groups in total. The van der Waals surface area contributed by atoms with Crippen LogP contribution in [-0.4, -0.2) is 70.9 Å². The molecule has 0 unspecified atom stereocenters. The first-order valence-electron chi connectivity index (χ1n) is 12.2. The Kier molecular flexibility index (Phi) is 5.48. The Bertz CT molecular complexity index is 1370. The number of hydrogen-bond acceptors (Lipinski definition) is 8. The molecule has 0 atom stereocenters. The summed E-state index contributed by atoms with van der Waals surface area (Å²) in [5.74, 6) is 1.19. The molecule has 3 aliphatic rings. The van der Waals surface area contributed by atoms with Crippen LogP contribution in [0.5, 0.6) is 0 Å². The second-order valence-corrected chi connectivity index (χ2v) is 11.7. The van der Waals surface area contributed by atoms with Crippen LogP contribution in [-0.2, 0) is 22.1 Å². The van der Waals surface area contributed by atoms with Crippen molar-refractivity contribution in [2.45, 2.75) is 44.2 Å². The second-order valence-electron chi connectivity index (χ2n) is 9.75. The fourth-order valence-electron chi connectivity index (χ4n) is 5.64.